The van der Waals surface area contributed by atoms with E-state index >= 15 is 0 Å². The fourth-order valence-corrected chi connectivity index (χ4v) is 1.97. The maximum absolute atomic E-state index is 5.38. The first-order chi connectivity index (χ1) is 8.10. The third-order valence-corrected chi connectivity index (χ3v) is 2.85. The van der Waals surface area contributed by atoms with Crippen LogP contribution < -0.4 is 10.1 Å². The van der Waals surface area contributed by atoms with Crippen molar-refractivity contribution < 1.29 is 4.74 Å². The molecule has 17 heavy (non-hydrogen) atoms. The molecule has 0 aliphatic rings. The highest BCUT2D eigenvalue weighted by Crippen LogP contribution is 2.23. The molecular formula is C13H25N3O. The summed E-state index contributed by atoms with van der Waals surface area (Å²) >= 11 is 0. The van der Waals surface area contributed by atoms with Gasteiger partial charge in [0.05, 0.1) is 19.0 Å². The molecule has 4 nitrogen and oxygen atoms in total. The van der Waals surface area contributed by atoms with E-state index in [0.717, 1.165) is 25.3 Å². The molecule has 98 valence electrons. The van der Waals surface area contributed by atoms with Gasteiger partial charge in [0.15, 0.2) is 5.75 Å². The van der Waals surface area contributed by atoms with Crippen molar-refractivity contribution in [1.29, 1.82) is 0 Å². The Balaban J connectivity index is 2.76. The summed E-state index contributed by atoms with van der Waals surface area (Å²) in [7, 11) is 1.71. The Morgan fingerprint density at radius 3 is 2.65 bits per heavy atom. The van der Waals surface area contributed by atoms with Crippen molar-refractivity contribution in [1.82, 2.24) is 15.1 Å². The number of methoxy groups -OCH3 is 1. The molecule has 1 atom stereocenters. The Kier molecular flexibility index (Phi) is 5.48. The van der Waals surface area contributed by atoms with Gasteiger partial charge in [0.2, 0.25) is 0 Å². The molecule has 1 N–H and O–H groups in total. The van der Waals surface area contributed by atoms with Gasteiger partial charge < -0.3 is 10.1 Å². The molecule has 4 heteroatoms. The number of nitrogens with one attached hydrogen (secondary N) is 1. The zero-order valence-corrected chi connectivity index (χ0v) is 11.7. The highest BCUT2D eigenvalue weighted by Gasteiger charge is 2.16. The Hall–Kier alpha value is -1.03. The van der Waals surface area contributed by atoms with Crippen molar-refractivity contribution in [2.24, 2.45) is 5.92 Å². The van der Waals surface area contributed by atoms with E-state index in [-0.39, 0.29) is 0 Å². The summed E-state index contributed by atoms with van der Waals surface area (Å²) in [5.74, 6) is 1.49. The van der Waals surface area contributed by atoms with Crippen molar-refractivity contribution in [2.45, 2.75) is 40.2 Å². The molecule has 1 heterocycles. The molecule has 0 fully saturated rings. The molecule has 1 aromatic rings. The van der Waals surface area contributed by atoms with E-state index in [1.807, 2.05) is 6.20 Å². The lowest BCUT2D eigenvalue weighted by Gasteiger charge is -2.16. The molecule has 0 aliphatic heterocycles. The fraction of sp³-hybridized carbons (Fsp3) is 0.769. The third-order valence-electron chi connectivity index (χ3n) is 2.85. The Morgan fingerprint density at radius 2 is 2.12 bits per heavy atom. The lowest BCUT2D eigenvalue weighted by Crippen LogP contribution is -2.23. The minimum absolute atomic E-state index is 0.375. The average molecular weight is 239 g/mol. The standard InChI is InChI=1S/C13H25N3O/c1-6-14-8-11(4)7-12-13(17-5)9-15-16(12)10(2)3/h9-11,14H,6-8H2,1-5H3. The zero-order chi connectivity index (χ0) is 12.8. The SMILES string of the molecule is CCNCC(C)Cc1c(OC)cnn1C(C)C. The van der Waals surface area contributed by atoms with Gasteiger partial charge in [-0.25, -0.2) is 0 Å². The monoisotopic (exact) mass is 239 g/mol. The van der Waals surface area contributed by atoms with Gasteiger partial charge in [0.1, 0.15) is 0 Å². The summed E-state index contributed by atoms with van der Waals surface area (Å²) < 4.78 is 7.43. The molecule has 0 amide bonds. The third kappa shape index (κ3) is 3.73. The van der Waals surface area contributed by atoms with Crippen LogP contribution in [0.4, 0.5) is 0 Å². The van der Waals surface area contributed by atoms with Crippen LogP contribution in [0.2, 0.25) is 0 Å². The van der Waals surface area contributed by atoms with E-state index in [0.29, 0.717) is 12.0 Å². The van der Waals surface area contributed by atoms with Gasteiger partial charge in [-0.3, -0.25) is 4.68 Å². The first kappa shape index (κ1) is 14.0. The summed E-state index contributed by atoms with van der Waals surface area (Å²) in [5, 5.41) is 7.77. The number of rotatable bonds is 7. The molecule has 1 aromatic heterocycles. The predicted octanol–water partition coefficient (Wildman–Crippen LogP) is 2.26. The summed E-state index contributed by atoms with van der Waals surface area (Å²) in [6.45, 7) is 10.7. The molecule has 0 spiro atoms. The van der Waals surface area contributed by atoms with Crippen LogP contribution in [-0.4, -0.2) is 30.0 Å². The smallest absolute Gasteiger partial charge is 0.159 e. The lowest BCUT2D eigenvalue weighted by molar-refractivity contribution is 0.394. The van der Waals surface area contributed by atoms with Crippen LogP contribution in [-0.2, 0) is 6.42 Å². The van der Waals surface area contributed by atoms with Crippen LogP contribution >= 0.6 is 0 Å². The summed E-state index contributed by atoms with van der Waals surface area (Å²) in [4.78, 5) is 0. The van der Waals surface area contributed by atoms with E-state index in [1.54, 1.807) is 7.11 Å². The molecule has 0 radical (unpaired) electrons. The maximum atomic E-state index is 5.38. The van der Waals surface area contributed by atoms with Crippen LogP contribution in [0.5, 0.6) is 5.75 Å². The molecule has 0 aromatic carbocycles. The molecule has 0 saturated heterocycles. The van der Waals surface area contributed by atoms with Crippen LogP contribution in [0.15, 0.2) is 6.20 Å². The minimum Gasteiger partial charge on any atom is -0.493 e. The van der Waals surface area contributed by atoms with E-state index in [2.05, 4.69) is 42.8 Å². The number of hydrogen-bond acceptors (Lipinski definition) is 3. The largest absolute Gasteiger partial charge is 0.493 e. The minimum atomic E-state index is 0.375. The summed E-state index contributed by atoms with van der Waals surface area (Å²) in [6, 6.07) is 0.375. The summed E-state index contributed by atoms with van der Waals surface area (Å²) in [6.07, 6.45) is 2.81. The average Bonchev–Trinajstić information content (AvgIpc) is 2.69. The Bertz CT molecular complexity index is 333. The second-order valence-electron chi connectivity index (χ2n) is 4.81. The fourth-order valence-electron chi connectivity index (χ4n) is 1.97. The number of nitrogens with zero attached hydrogens (tertiary/aromatic N) is 2. The number of ether oxygens (including phenoxy) is 1. The van der Waals surface area contributed by atoms with Gasteiger partial charge in [0, 0.05) is 6.04 Å². The molecule has 0 aliphatic carbocycles. The number of aromatic nitrogens is 2. The normalized spacial score (nSPS) is 13.1. The molecule has 1 unspecified atom stereocenters. The van der Waals surface area contributed by atoms with Crippen LogP contribution in [0.25, 0.3) is 0 Å². The van der Waals surface area contributed by atoms with Crippen molar-refractivity contribution >= 4 is 0 Å². The van der Waals surface area contributed by atoms with Crippen LogP contribution in [0.3, 0.4) is 0 Å². The second kappa shape index (κ2) is 6.64. The maximum Gasteiger partial charge on any atom is 0.159 e. The predicted molar refractivity (Wildman–Crippen MR) is 70.6 cm³/mol. The van der Waals surface area contributed by atoms with Crippen molar-refractivity contribution in [3.8, 4) is 5.75 Å². The zero-order valence-electron chi connectivity index (χ0n) is 11.7. The quantitative estimate of drug-likeness (QED) is 0.793. The first-order valence-corrected chi connectivity index (χ1v) is 6.41. The van der Waals surface area contributed by atoms with E-state index in [1.165, 1.54) is 5.69 Å². The first-order valence-electron chi connectivity index (χ1n) is 6.41. The van der Waals surface area contributed by atoms with Crippen molar-refractivity contribution in [3.63, 3.8) is 0 Å². The Labute approximate surface area is 104 Å². The lowest BCUT2D eigenvalue weighted by atomic mass is 10.0. The van der Waals surface area contributed by atoms with Gasteiger partial charge in [-0.1, -0.05) is 13.8 Å². The van der Waals surface area contributed by atoms with Gasteiger partial charge in [-0.2, -0.15) is 5.10 Å². The molecule has 0 bridgehead atoms. The highest BCUT2D eigenvalue weighted by atomic mass is 16.5. The van der Waals surface area contributed by atoms with Crippen molar-refractivity contribution in [2.75, 3.05) is 20.2 Å². The van der Waals surface area contributed by atoms with Gasteiger partial charge in [-0.05, 0) is 39.3 Å². The van der Waals surface area contributed by atoms with Crippen LogP contribution in [0.1, 0.15) is 39.4 Å². The second-order valence-corrected chi connectivity index (χ2v) is 4.81. The number of hydrogen-bond donors (Lipinski definition) is 1. The van der Waals surface area contributed by atoms with Crippen molar-refractivity contribution in [3.05, 3.63) is 11.9 Å². The Morgan fingerprint density at radius 1 is 1.41 bits per heavy atom. The van der Waals surface area contributed by atoms with Gasteiger partial charge in [-0.15, -0.1) is 0 Å². The van der Waals surface area contributed by atoms with E-state index in [4.69, 9.17) is 4.74 Å². The molecular weight excluding hydrogens is 214 g/mol. The van der Waals surface area contributed by atoms with E-state index in [9.17, 15) is 0 Å². The van der Waals surface area contributed by atoms with Crippen LogP contribution in [0, 0.1) is 5.92 Å². The molecule has 1 rings (SSSR count). The topological polar surface area (TPSA) is 39.1 Å². The van der Waals surface area contributed by atoms with E-state index < -0.39 is 0 Å². The molecule has 0 saturated carbocycles. The van der Waals surface area contributed by atoms with Gasteiger partial charge in [0.25, 0.3) is 0 Å². The summed E-state index contributed by atoms with van der Waals surface area (Å²) in [5.41, 5.74) is 1.20. The highest BCUT2D eigenvalue weighted by molar-refractivity contribution is 5.26. The van der Waals surface area contributed by atoms with Gasteiger partial charge >= 0.3 is 0 Å².